The fourth-order valence-corrected chi connectivity index (χ4v) is 3.25. The smallest absolute Gasteiger partial charge is 0.465 e. The monoisotopic (exact) mass is 389 g/mol. The Morgan fingerprint density at radius 2 is 1.78 bits per heavy atom. The SMILES string of the molecule is O=C(O)N1CCN(Cc2ccc(N3CCOCC3)cc2OC(F)(F)F)CC1. The van der Waals surface area contributed by atoms with Crippen LogP contribution in [-0.4, -0.2) is 79.8 Å². The molecule has 2 aliphatic heterocycles. The highest BCUT2D eigenvalue weighted by Gasteiger charge is 2.33. The molecule has 0 unspecified atom stereocenters. The second kappa shape index (κ2) is 8.22. The van der Waals surface area contributed by atoms with Crippen LogP contribution in [0.15, 0.2) is 18.2 Å². The van der Waals surface area contributed by atoms with Crippen LogP contribution in [0.3, 0.4) is 0 Å². The number of ether oxygens (including phenoxy) is 2. The molecule has 7 nitrogen and oxygen atoms in total. The molecule has 0 saturated carbocycles. The van der Waals surface area contributed by atoms with Crippen molar-refractivity contribution in [3.8, 4) is 5.75 Å². The number of piperazine rings is 1. The predicted molar refractivity (Wildman–Crippen MR) is 91.0 cm³/mol. The van der Waals surface area contributed by atoms with Gasteiger partial charge in [0.15, 0.2) is 0 Å². The van der Waals surface area contributed by atoms with Gasteiger partial charge in [-0.05, 0) is 6.07 Å². The molecular weight excluding hydrogens is 367 g/mol. The molecular formula is C17H22F3N3O4. The fourth-order valence-electron chi connectivity index (χ4n) is 3.25. The molecule has 2 saturated heterocycles. The van der Waals surface area contributed by atoms with E-state index in [9.17, 15) is 18.0 Å². The average molecular weight is 389 g/mol. The maximum absolute atomic E-state index is 12.9. The number of hydrogen-bond acceptors (Lipinski definition) is 5. The summed E-state index contributed by atoms with van der Waals surface area (Å²) in [5.41, 5.74) is 1.09. The van der Waals surface area contributed by atoms with E-state index < -0.39 is 12.5 Å². The minimum Gasteiger partial charge on any atom is -0.465 e. The largest absolute Gasteiger partial charge is 0.573 e. The van der Waals surface area contributed by atoms with Gasteiger partial charge in [-0.15, -0.1) is 13.2 Å². The van der Waals surface area contributed by atoms with Crippen molar-refractivity contribution in [2.24, 2.45) is 0 Å². The molecule has 0 aliphatic carbocycles. The summed E-state index contributed by atoms with van der Waals surface area (Å²) in [5, 5.41) is 8.99. The highest BCUT2D eigenvalue weighted by Crippen LogP contribution is 2.32. The Balaban J connectivity index is 1.74. The van der Waals surface area contributed by atoms with Crippen LogP contribution in [0.4, 0.5) is 23.7 Å². The van der Waals surface area contributed by atoms with Gasteiger partial charge in [-0.1, -0.05) is 6.07 Å². The van der Waals surface area contributed by atoms with Gasteiger partial charge in [-0.25, -0.2) is 4.79 Å². The number of rotatable bonds is 4. The number of carbonyl (C=O) groups is 1. The molecule has 1 amide bonds. The van der Waals surface area contributed by atoms with E-state index in [0.717, 1.165) is 0 Å². The number of alkyl halides is 3. The molecule has 27 heavy (non-hydrogen) atoms. The van der Waals surface area contributed by atoms with Gasteiger partial charge in [0.2, 0.25) is 0 Å². The zero-order valence-electron chi connectivity index (χ0n) is 14.7. The van der Waals surface area contributed by atoms with Gasteiger partial charge in [0.1, 0.15) is 5.75 Å². The summed E-state index contributed by atoms with van der Waals surface area (Å²) in [6.45, 7) is 4.14. The van der Waals surface area contributed by atoms with Crippen LogP contribution in [0.2, 0.25) is 0 Å². The quantitative estimate of drug-likeness (QED) is 0.852. The van der Waals surface area contributed by atoms with E-state index in [-0.39, 0.29) is 12.3 Å². The maximum Gasteiger partial charge on any atom is 0.573 e. The van der Waals surface area contributed by atoms with Gasteiger partial charge in [-0.3, -0.25) is 4.90 Å². The lowest BCUT2D eigenvalue weighted by atomic mass is 10.1. The Morgan fingerprint density at radius 1 is 1.11 bits per heavy atom. The van der Waals surface area contributed by atoms with Crippen LogP contribution in [0.5, 0.6) is 5.75 Å². The van der Waals surface area contributed by atoms with Gasteiger partial charge in [0.05, 0.1) is 13.2 Å². The second-order valence-electron chi connectivity index (χ2n) is 6.49. The fraction of sp³-hybridized carbons (Fsp3) is 0.588. The minimum atomic E-state index is -4.78. The van der Waals surface area contributed by atoms with Crippen molar-refractivity contribution in [3.05, 3.63) is 23.8 Å². The Morgan fingerprint density at radius 3 is 2.37 bits per heavy atom. The van der Waals surface area contributed by atoms with Crippen molar-refractivity contribution < 1.29 is 32.5 Å². The molecule has 0 aromatic heterocycles. The Labute approximate surface area is 154 Å². The van der Waals surface area contributed by atoms with Crippen LogP contribution >= 0.6 is 0 Å². The highest BCUT2D eigenvalue weighted by molar-refractivity contribution is 5.65. The first-order valence-electron chi connectivity index (χ1n) is 8.73. The molecule has 2 aliphatic rings. The Hall–Kier alpha value is -2.20. The Bertz CT molecular complexity index is 657. The van der Waals surface area contributed by atoms with E-state index in [2.05, 4.69) is 4.74 Å². The molecule has 2 heterocycles. The minimum absolute atomic E-state index is 0.216. The second-order valence-corrected chi connectivity index (χ2v) is 6.49. The predicted octanol–water partition coefficient (Wildman–Crippen LogP) is 2.22. The maximum atomic E-state index is 12.9. The zero-order valence-corrected chi connectivity index (χ0v) is 14.7. The normalized spacial score (nSPS) is 19.2. The highest BCUT2D eigenvalue weighted by atomic mass is 19.4. The van der Waals surface area contributed by atoms with E-state index in [0.29, 0.717) is 63.7 Å². The Kier molecular flexibility index (Phi) is 5.95. The van der Waals surface area contributed by atoms with Gasteiger partial charge in [0.25, 0.3) is 0 Å². The lowest BCUT2D eigenvalue weighted by Gasteiger charge is -2.33. The standard InChI is InChI=1S/C17H22F3N3O4/c18-17(19,20)27-15-11-14(22-7-9-26-10-8-22)2-1-13(15)12-21-3-5-23(6-4-21)16(24)25/h1-2,11H,3-10,12H2,(H,24,25). The average Bonchev–Trinajstić information content (AvgIpc) is 2.63. The molecule has 0 bridgehead atoms. The van der Waals surface area contributed by atoms with E-state index >= 15 is 0 Å². The number of morpholine rings is 1. The molecule has 0 spiro atoms. The summed E-state index contributed by atoms with van der Waals surface area (Å²) in [6, 6.07) is 4.86. The van der Waals surface area contributed by atoms with Crippen LogP contribution < -0.4 is 9.64 Å². The number of carboxylic acid groups (broad SMARTS) is 1. The van der Waals surface area contributed by atoms with Gasteiger partial charge >= 0.3 is 12.5 Å². The van der Waals surface area contributed by atoms with E-state index in [1.54, 1.807) is 12.1 Å². The van der Waals surface area contributed by atoms with Crippen LogP contribution in [0.1, 0.15) is 5.56 Å². The summed E-state index contributed by atoms with van der Waals surface area (Å²) >= 11 is 0. The summed E-state index contributed by atoms with van der Waals surface area (Å²) in [7, 11) is 0. The first kappa shape index (κ1) is 19.6. The first-order chi connectivity index (χ1) is 12.8. The molecule has 1 N–H and O–H groups in total. The van der Waals surface area contributed by atoms with Gasteiger partial charge < -0.3 is 24.4 Å². The molecule has 0 radical (unpaired) electrons. The lowest BCUT2D eigenvalue weighted by molar-refractivity contribution is -0.275. The summed E-state index contributed by atoms with van der Waals surface area (Å²) < 4.78 is 48.2. The molecule has 3 rings (SSSR count). The molecule has 10 heteroatoms. The van der Waals surface area contributed by atoms with Crippen molar-refractivity contribution >= 4 is 11.8 Å². The van der Waals surface area contributed by atoms with Crippen molar-refractivity contribution in [3.63, 3.8) is 0 Å². The molecule has 1 aromatic carbocycles. The third-order valence-electron chi connectivity index (χ3n) is 4.69. The topological polar surface area (TPSA) is 65.5 Å². The summed E-state index contributed by atoms with van der Waals surface area (Å²) in [6.07, 6.45) is -5.76. The number of halogens is 3. The molecule has 2 fully saturated rings. The molecule has 1 aromatic rings. The third kappa shape index (κ3) is 5.39. The first-order valence-corrected chi connectivity index (χ1v) is 8.73. The number of hydrogen-bond donors (Lipinski definition) is 1. The van der Waals surface area contributed by atoms with Crippen molar-refractivity contribution in [1.82, 2.24) is 9.80 Å². The van der Waals surface area contributed by atoms with Crippen molar-refractivity contribution in [1.29, 1.82) is 0 Å². The number of benzene rings is 1. The van der Waals surface area contributed by atoms with Gasteiger partial charge in [0, 0.05) is 63.1 Å². The summed E-state index contributed by atoms with van der Waals surface area (Å²) in [4.78, 5) is 16.1. The summed E-state index contributed by atoms with van der Waals surface area (Å²) in [5.74, 6) is -0.216. The van der Waals surface area contributed by atoms with Crippen LogP contribution in [-0.2, 0) is 11.3 Å². The van der Waals surface area contributed by atoms with Crippen molar-refractivity contribution in [2.45, 2.75) is 12.9 Å². The van der Waals surface area contributed by atoms with Crippen LogP contribution in [0.25, 0.3) is 0 Å². The number of anilines is 1. The number of amides is 1. The zero-order chi connectivity index (χ0) is 19.4. The third-order valence-corrected chi connectivity index (χ3v) is 4.69. The van der Waals surface area contributed by atoms with Gasteiger partial charge in [-0.2, -0.15) is 0 Å². The lowest BCUT2D eigenvalue weighted by Crippen LogP contribution is -2.47. The van der Waals surface area contributed by atoms with E-state index in [1.165, 1.54) is 11.0 Å². The van der Waals surface area contributed by atoms with Crippen molar-refractivity contribution in [2.75, 3.05) is 57.4 Å². The van der Waals surface area contributed by atoms with E-state index in [1.807, 2.05) is 9.80 Å². The van der Waals surface area contributed by atoms with E-state index in [4.69, 9.17) is 9.84 Å². The molecule has 0 atom stereocenters. The van der Waals surface area contributed by atoms with Crippen LogP contribution in [0, 0.1) is 0 Å². The molecule has 150 valence electrons. The number of nitrogens with zero attached hydrogens (tertiary/aromatic N) is 3.